The molecule has 1 aromatic rings. The van der Waals surface area contributed by atoms with Gasteiger partial charge in [0.1, 0.15) is 0 Å². The summed E-state index contributed by atoms with van der Waals surface area (Å²) in [6.45, 7) is 0.429. The molecule has 0 radical (unpaired) electrons. The Morgan fingerprint density at radius 1 is 1.58 bits per heavy atom. The Morgan fingerprint density at radius 3 is 2.79 bits per heavy atom. The van der Waals surface area contributed by atoms with Gasteiger partial charge in [-0.2, -0.15) is 0 Å². The normalized spacial score (nSPS) is 16.5. The molecular formula is C12H17N3O3S. The minimum atomic E-state index is -0.873. The summed E-state index contributed by atoms with van der Waals surface area (Å²) in [5.41, 5.74) is 2.00. The molecule has 1 heterocycles. The topological polar surface area (TPSA) is 82.5 Å². The lowest BCUT2D eigenvalue weighted by Crippen LogP contribution is -2.57. The third-order valence-corrected chi connectivity index (χ3v) is 4.04. The number of nitrogens with one attached hydrogen (secondary N) is 1. The molecule has 1 saturated carbocycles. The van der Waals surface area contributed by atoms with E-state index in [4.69, 9.17) is 5.11 Å². The fourth-order valence-corrected chi connectivity index (χ4v) is 2.74. The van der Waals surface area contributed by atoms with E-state index >= 15 is 0 Å². The van der Waals surface area contributed by atoms with Gasteiger partial charge < -0.3 is 15.3 Å². The Hall–Kier alpha value is -1.63. The van der Waals surface area contributed by atoms with E-state index in [1.54, 1.807) is 12.6 Å². The SMILES string of the molecule is CN(Cc1cscn1)C(=O)NC1(CC(=O)O)CCC1. The third kappa shape index (κ3) is 3.44. The molecule has 1 aliphatic rings. The standard InChI is InChI=1S/C12H17N3O3S/c1-15(6-9-7-19-8-13-9)11(18)14-12(3-2-4-12)5-10(16)17/h7-8H,2-6H2,1H3,(H,14,18)(H,16,17). The van der Waals surface area contributed by atoms with Gasteiger partial charge in [0.05, 0.1) is 29.7 Å². The van der Waals surface area contributed by atoms with E-state index in [9.17, 15) is 9.59 Å². The molecule has 0 aliphatic heterocycles. The number of carbonyl (C=O) groups excluding carboxylic acids is 1. The summed E-state index contributed by atoms with van der Waals surface area (Å²) in [4.78, 5) is 28.5. The van der Waals surface area contributed by atoms with Crippen LogP contribution in [0.5, 0.6) is 0 Å². The highest BCUT2D eigenvalue weighted by atomic mass is 32.1. The van der Waals surface area contributed by atoms with Crippen LogP contribution in [0.2, 0.25) is 0 Å². The molecule has 19 heavy (non-hydrogen) atoms. The molecule has 6 nitrogen and oxygen atoms in total. The predicted molar refractivity (Wildman–Crippen MR) is 70.9 cm³/mol. The van der Waals surface area contributed by atoms with Crippen molar-refractivity contribution in [2.24, 2.45) is 0 Å². The highest BCUT2D eigenvalue weighted by Crippen LogP contribution is 2.35. The van der Waals surface area contributed by atoms with Crippen molar-refractivity contribution < 1.29 is 14.7 Å². The van der Waals surface area contributed by atoms with Crippen LogP contribution in [0, 0.1) is 0 Å². The Kier molecular flexibility index (Phi) is 4.04. The third-order valence-electron chi connectivity index (χ3n) is 3.40. The Balaban J connectivity index is 1.90. The van der Waals surface area contributed by atoms with Crippen LogP contribution in [-0.2, 0) is 11.3 Å². The van der Waals surface area contributed by atoms with Crippen molar-refractivity contribution in [1.82, 2.24) is 15.2 Å². The lowest BCUT2D eigenvalue weighted by Gasteiger charge is -2.42. The molecule has 2 N–H and O–H groups in total. The van der Waals surface area contributed by atoms with Gasteiger partial charge in [0.2, 0.25) is 0 Å². The van der Waals surface area contributed by atoms with Gasteiger partial charge in [-0.05, 0) is 19.3 Å². The maximum absolute atomic E-state index is 12.1. The van der Waals surface area contributed by atoms with Crippen molar-refractivity contribution in [3.05, 3.63) is 16.6 Å². The van der Waals surface area contributed by atoms with Gasteiger partial charge in [0.25, 0.3) is 0 Å². The molecule has 0 atom stereocenters. The number of aliphatic carboxylic acids is 1. The van der Waals surface area contributed by atoms with E-state index in [1.165, 1.54) is 16.2 Å². The molecular weight excluding hydrogens is 266 g/mol. The molecule has 104 valence electrons. The highest BCUT2D eigenvalue weighted by molar-refractivity contribution is 7.07. The van der Waals surface area contributed by atoms with Crippen molar-refractivity contribution in [3.8, 4) is 0 Å². The zero-order valence-electron chi connectivity index (χ0n) is 10.8. The first kappa shape index (κ1) is 13.8. The van der Waals surface area contributed by atoms with Crippen molar-refractivity contribution >= 4 is 23.3 Å². The number of nitrogens with zero attached hydrogens (tertiary/aromatic N) is 2. The Labute approximate surface area is 115 Å². The van der Waals surface area contributed by atoms with E-state index in [2.05, 4.69) is 10.3 Å². The number of amides is 2. The molecule has 1 fully saturated rings. The summed E-state index contributed by atoms with van der Waals surface area (Å²) in [6.07, 6.45) is 2.41. The van der Waals surface area contributed by atoms with Gasteiger partial charge in [-0.15, -0.1) is 11.3 Å². The molecule has 1 aliphatic carbocycles. The minimum absolute atomic E-state index is 0.0106. The largest absolute Gasteiger partial charge is 0.481 e. The molecule has 2 amide bonds. The second kappa shape index (κ2) is 5.56. The zero-order valence-corrected chi connectivity index (χ0v) is 11.6. The fraction of sp³-hybridized carbons (Fsp3) is 0.583. The number of thiazole rings is 1. The van der Waals surface area contributed by atoms with Gasteiger partial charge in [0.15, 0.2) is 0 Å². The van der Waals surface area contributed by atoms with Gasteiger partial charge in [-0.25, -0.2) is 9.78 Å². The summed E-state index contributed by atoms with van der Waals surface area (Å²) in [5.74, 6) is -0.873. The number of hydrogen-bond acceptors (Lipinski definition) is 4. The van der Waals surface area contributed by atoms with Crippen LogP contribution in [0.25, 0.3) is 0 Å². The predicted octanol–water partition coefficient (Wildman–Crippen LogP) is 1.68. The number of carboxylic acid groups (broad SMARTS) is 1. The summed E-state index contributed by atoms with van der Waals surface area (Å²) < 4.78 is 0. The van der Waals surface area contributed by atoms with E-state index in [-0.39, 0.29) is 12.5 Å². The first-order chi connectivity index (χ1) is 9.01. The first-order valence-corrected chi connectivity index (χ1v) is 7.07. The molecule has 0 saturated heterocycles. The lowest BCUT2D eigenvalue weighted by atomic mass is 9.74. The van der Waals surface area contributed by atoms with Crippen molar-refractivity contribution in [1.29, 1.82) is 0 Å². The van der Waals surface area contributed by atoms with Crippen LogP contribution in [0.3, 0.4) is 0 Å². The maximum Gasteiger partial charge on any atom is 0.317 e. The first-order valence-electron chi connectivity index (χ1n) is 6.13. The number of carbonyl (C=O) groups is 2. The Morgan fingerprint density at radius 2 is 2.32 bits per heavy atom. The van der Waals surface area contributed by atoms with E-state index in [1.807, 2.05) is 5.38 Å². The second-order valence-corrected chi connectivity index (χ2v) is 5.69. The highest BCUT2D eigenvalue weighted by Gasteiger charge is 2.40. The van der Waals surface area contributed by atoms with E-state index in [0.717, 1.165) is 25.0 Å². The van der Waals surface area contributed by atoms with Crippen LogP contribution in [0.15, 0.2) is 10.9 Å². The molecule has 0 unspecified atom stereocenters. The molecule has 0 bridgehead atoms. The quantitative estimate of drug-likeness (QED) is 0.861. The number of carboxylic acids is 1. The number of aromatic nitrogens is 1. The van der Waals surface area contributed by atoms with Crippen LogP contribution >= 0.6 is 11.3 Å². The molecule has 0 aromatic carbocycles. The maximum atomic E-state index is 12.1. The van der Waals surface area contributed by atoms with Crippen molar-refractivity contribution in [2.75, 3.05) is 7.05 Å². The van der Waals surface area contributed by atoms with Crippen LogP contribution in [-0.4, -0.2) is 39.6 Å². The number of hydrogen-bond donors (Lipinski definition) is 2. The van der Waals surface area contributed by atoms with Crippen molar-refractivity contribution in [3.63, 3.8) is 0 Å². The van der Waals surface area contributed by atoms with Gasteiger partial charge in [0, 0.05) is 12.4 Å². The summed E-state index contributed by atoms with van der Waals surface area (Å²) in [5, 5.41) is 13.6. The van der Waals surface area contributed by atoms with Gasteiger partial charge >= 0.3 is 12.0 Å². The molecule has 0 spiro atoms. The molecule has 1 aromatic heterocycles. The van der Waals surface area contributed by atoms with Gasteiger partial charge in [-0.1, -0.05) is 0 Å². The monoisotopic (exact) mass is 283 g/mol. The minimum Gasteiger partial charge on any atom is -0.481 e. The number of rotatable bonds is 5. The Bertz CT molecular complexity index is 457. The van der Waals surface area contributed by atoms with Crippen molar-refractivity contribution in [2.45, 2.75) is 37.8 Å². The lowest BCUT2D eigenvalue weighted by molar-refractivity contribution is -0.139. The fourth-order valence-electron chi connectivity index (χ4n) is 2.19. The zero-order chi connectivity index (χ0) is 13.9. The second-order valence-electron chi connectivity index (χ2n) is 4.97. The van der Waals surface area contributed by atoms with Gasteiger partial charge in [-0.3, -0.25) is 4.79 Å². The molecule has 2 rings (SSSR count). The van der Waals surface area contributed by atoms with Crippen LogP contribution in [0.4, 0.5) is 4.79 Å². The average Bonchev–Trinajstić information content (AvgIpc) is 2.78. The van der Waals surface area contributed by atoms with Crippen LogP contribution < -0.4 is 5.32 Å². The smallest absolute Gasteiger partial charge is 0.317 e. The number of urea groups is 1. The van der Waals surface area contributed by atoms with Crippen LogP contribution in [0.1, 0.15) is 31.4 Å². The molecule has 7 heteroatoms. The van der Waals surface area contributed by atoms with E-state index < -0.39 is 11.5 Å². The summed E-state index contributed by atoms with van der Waals surface area (Å²) in [7, 11) is 1.68. The summed E-state index contributed by atoms with van der Waals surface area (Å²) in [6, 6.07) is -0.242. The van der Waals surface area contributed by atoms with E-state index in [0.29, 0.717) is 6.54 Å². The summed E-state index contributed by atoms with van der Waals surface area (Å²) >= 11 is 1.48. The average molecular weight is 283 g/mol.